The van der Waals surface area contributed by atoms with Crippen LogP contribution in [0.1, 0.15) is 12.5 Å². The molecule has 2 aromatic rings. The number of amidine groups is 1. The summed E-state index contributed by atoms with van der Waals surface area (Å²) in [7, 11) is 0. The van der Waals surface area contributed by atoms with Gasteiger partial charge in [0.15, 0.2) is 0 Å². The van der Waals surface area contributed by atoms with Gasteiger partial charge in [-0.15, -0.1) is 0 Å². The van der Waals surface area contributed by atoms with E-state index in [0.717, 1.165) is 24.5 Å². The first-order chi connectivity index (χ1) is 14.0. The average molecular weight is 392 g/mol. The Kier molecular flexibility index (Phi) is 5.09. The van der Waals surface area contributed by atoms with Crippen molar-refractivity contribution >= 4 is 34.9 Å². The highest BCUT2D eigenvalue weighted by molar-refractivity contribution is 6.28. The smallest absolute Gasteiger partial charge is 0.282 e. The molecule has 148 valence electrons. The lowest BCUT2D eigenvalue weighted by molar-refractivity contribution is -0.384. The predicted molar refractivity (Wildman–Crippen MR) is 111 cm³/mol. The molecule has 2 aliphatic heterocycles. The van der Waals surface area contributed by atoms with Crippen molar-refractivity contribution in [3.05, 3.63) is 69.9 Å². The molecule has 0 spiro atoms. The highest BCUT2D eigenvalue weighted by Crippen LogP contribution is 2.28. The second-order valence-electron chi connectivity index (χ2n) is 6.80. The highest BCUT2D eigenvalue weighted by atomic mass is 16.6. The average Bonchev–Trinajstić information content (AvgIpc) is 3.02. The van der Waals surface area contributed by atoms with Crippen molar-refractivity contribution in [2.45, 2.75) is 6.92 Å². The molecule has 0 bridgehead atoms. The molecule has 0 unspecified atom stereocenters. The van der Waals surface area contributed by atoms with Crippen LogP contribution in [-0.4, -0.2) is 43.0 Å². The van der Waals surface area contributed by atoms with Gasteiger partial charge in [0.1, 0.15) is 11.5 Å². The van der Waals surface area contributed by atoms with Crippen LogP contribution in [0.4, 0.5) is 17.1 Å². The molecule has 4 rings (SSSR count). The minimum atomic E-state index is -0.463. The van der Waals surface area contributed by atoms with Crippen LogP contribution < -0.4 is 9.80 Å². The summed E-state index contributed by atoms with van der Waals surface area (Å²) in [6.45, 7) is 4.88. The van der Waals surface area contributed by atoms with Crippen LogP contribution in [0.15, 0.2) is 59.2 Å². The summed E-state index contributed by atoms with van der Waals surface area (Å²) in [5.41, 5.74) is 2.60. The molecule has 29 heavy (non-hydrogen) atoms. The number of non-ortho nitro benzene ring substituents is 1. The van der Waals surface area contributed by atoms with E-state index in [1.54, 1.807) is 30.0 Å². The number of hydrogen-bond donors (Lipinski definition) is 0. The molecule has 0 aromatic heterocycles. The lowest BCUT2D eigenvalue weighted by Gasteiger charge is -2.29. The van der Waals surface area contributed by atoms with Gasteiger partial charge in [-0.3, -0.25) is 19.8 Å². The monoisotopic (exact) mass is 392 g/mol. The number of anilines is 2. The third kappa shape index (κ3) is 3.88. The van der Waals surface area contributed by atoms with Crippen LogP contribution in [0.25, 0.3) is 6.08 Å². The molecule has 2 aliphatic rings. The van der Waals surface area contributed by atoms with E-state index in [-0.39, 0.29) is 17.3 Å². The van der Waals surface area contributed by atoms with Crippen molar-refractivity contribution in [2.75, 3.05) is 36.1 Å². The zero-order valence-electron chi connectivity index (χ0n) is 15.9. The predicted octanol–water partition coefficient (Wildman–Crippen LogP) is 3.24. The maximum absolute atomic E-state index is 12.9. The Morgan fingerprint density at radius 2 is 1.79 bits per heavy atom. The summed E-state index contributed by atoms with van der Waals surface area (Å²) in [6.07, 6.45) is 1.57. The van der Waals surface area contributed by atoms with Crippen molar-refractivity contribution in [3.63, 3.8) is 0 Å². The van der Waals surface area contributed by atoms with Gasteiger partial charge in [0.25, 0.3) is 11.6 Å². The lowest BCUT2D eigenvalue weighted by Crippen LogP contribution is -2.36. The Morgan fingerprint density at radius 1 is 1.10 bits per heavy atom. The van der Waals surface area contributed by atoms with Crippen LogP contribution in [0.5, 0.6) is 0 Å². The van der Waals surface area contributed by atoms with Crippen molar-refractivity contribution < 1.29 is 14.5 Å². The third-order valence-electron chi connectivity index (χ3n) is 4.90. The van der Waals surface area contributed by atoms with E-state index in [9.17, 15) is 14.9 Å². The van der Waals surface area contributed by atoms with Gasteiger partial charge in [-0.1, -0.05) is 12.1 Å². The Morgan fingerprint density at radius 3 is 2.48 bits per heavy atom. The van der Waals surface area contributed by atoms with E-state index < -0.39 is 4.92 Å². The van der Waals surface area contributed by atoms with Gasteiger partial charge < -0.3 is 9.64 Å². The van der Waals surface area contributed by atoms with E-state index in [1.807, 2.05) is 24.3 Å². The number of nitro benzene ring substituents is 1. The van der Waals surface area contributed by atoms with Gasteiger partial charge in [0.05, 0.1) is 23.8 Å². The number of rotatable bonds is 4. The number of hydrogen-bond acceptors (Lipinski definition) is 6. The maximum atomic E-state index is 12.9. The maximum Gasteiger partial charge on any atom is 0.282 e. The number of ether oxygens (including phenoxy) is 1. The number of aliphatic imine (C=N–C) groups is 1. The second-order valence-corrected chi connectivity index (χ2v) is 6.80. The van der Waals surface area contributed by atoms with E-state index >= 15 is 0 Å². The van der Waals surface area contributed by atoms with Crippen LogP contribution in [-0.2, 0) is 9.53 Å². The second kappa shape index (κ2) is 7.84. The molecule has 0 saturated carbocycles. The Hall–Kier alpha value is -3.52. The SMILES string of the molecule is CC1=N/C(=C/c2cccc([N+](=O)[O-])c2)C(=O)N1c1ccc(N2CCOCC2)cc1. The van der Waals surface area contributed by atoms with Gasteiger partial charge in [0, 0.05) is 30.9 Å². The van der Waals surface area contributed by atoms with Gasteiger partial charge in [-0.2, -0.15) is 0 Å². The number of nitro groups is 1. The molecular weight excluding hydrogens is 372 g/mol. The Labute approximate surface area is 167 Å². The summed E-state index contributed by atoms with van der Waals surface area (Å²) < 4.78 is 5.38. The van der Waals surface area contributed by atoms with E-state index in [1.165, 1.54) is 12.1 Å². The first-order valence-corrected chi connectivity index (χ1v) is 9.31. The number of amides is 1. The number of benzene rings is 2. The number of carbonyl (C=O) groups excluding carboxylic acids is 1. The third-order valence-corrected chi connectivity index (χ3v) is 4.90. The molecule has 0 N–H and O–H groups in total. The summed E-state index contributed by atoms with van der Waals surface area (Å²) in [5.74, 6) is 0.305. The minimum absolute atomic E-state index is 0.0268. The van der Waals surface area contributed by atoms with Crippen LogP contribution in [0.3, 0.4) is 0 Å². The lowest BCUT2D eigenvalue weighted by atomic mass is 10.1. The Balaban J connectivity index is 1.56. The van der Waals surface area contributed by atoms with E-state index in [2.05, 4.69) is 9.89 Å². The topological polar surface area (TPSA) is 88.3 Å². The van der Waals surface area contributed by atoms with Gasteiger partial charge in [-0.05, 0) is 42.8 Å². The van der Waals surface area contributed by atoms with Crippen LogP contribution in [0, 0.1) is 10.1 Å². The van der Waals surface area contributed by atoms with Crippen molar-refractivity contribution in [2.24, 2.45) is 4.99 Å². The van der Waals surface area contributed by atoms with Crippen LogP contribution >= 0.6 is 0 Å². The largest absolute Gasteiger partial charge is 0.378 e. The minimum Gasteiger partial charge on any atom is -0.378 e. The van der Waals surface area contributed by atoms with E-state index in [0.29, 0.717) is 24.6 Å². The molecule has 0 aliphatic carbocycles. The van der Waals surface area contributed by atoms with Crippen LogP contribution in [0.2, 0.25) is 0 Å². The first kappa shape index (κ1) is 18.8. The summed E-state index contributed by atoms with van der Waals surface area (Å²) in [4.78, 5) is 31.6. The zero-order chi connectivity index (χ0) is 20.4. The fourth-order valence-electron chi connectivity index (χ4n) is 3.45. The summed E-state index contributed by atoms with van der Waals surface area (Å²) in [6, 6.07) is 13.9. The number of nitrogens with zero attached hydrogens (tertiary/aromatic N) is 4. The van der Waals surface area contributed by atoms with Crippen molar-refractivity contribution in [3.8, 4) is 0 Å². The highest BCUT2D eigenvalue weighted by Gasteiger charge is 2.29. The quantitative estimate of drug-likeness (QED) is 0.453. The fraction of sp³-hybridized carbons (Fsp3) is 0.238. The van der Waals surface area contributed by atoms with Gasteiger partial charge >= 0.3 is 0 Å². The summed E-state index contributed by atoms with van der Waals surface area (Å²) >= 11 is 0. The molecule has 0 radical (unpaired) electrons. The van der Waals surface area contributed by atoms with Gasteiger partial charge in [0.2, 0.25) is 0 Å². The van der Waals surface area contributed by atoms with Gasteiger partial charge in [-0.25, -0.2) is 4.99 Å². The first-order valence-electron chi connectivity index (χ1n) is 9.31. The molecule has 1 amide bonds. The molecule has 2 aromatic carbocycles. The normalized spacial score (nSPS) is 18.3. The molecule has 1 saturated heterocycles. The number of morpholine rings is 1. The molecular formula is C21H20N4O4. The number of carbonyl (C=O) groups is 1. The molecule has 8 nitrogen and oxygen atoms in total. The standard InChI is InChI=1S/C21H20N4O4/c1-15-22-20(14-16-3-2-4-19(13-16)25(27)28)21(26)24(15)18-7-5-17(6-8-18)23-9-11-29-12-10-23/h2-8,13-14H,9-12H2,1H3/b20-14+. The Bertz CT molecular complexity index is 1010. The van der Waals surface area contributed by atoms with Crippen molar-refractivity contribution in [1.82, 2.24) is 0 Å². The van der Waals surface area contributed by atoms with E-state index in [4.69, 9.17) is 4.74 Å². The summed E-state index contributed by atoms with van der Waals surface area (Å²) in [5, 5.41) is 11.0. The molecule has 0 atom stereocenters. The zero-order valence-corrected chi connectivity index (χ0v) is 15.9. The van der Waals surface area contributed by atoms with Crippen molar-refractivity contribution in [1.29, 1.82) is 0 Å². The molecule has 2 heterocycles. The molecule has 8 heteroatoms. The fourth-order valence-corrected chi connectivity index (χ4v) is 3.45. The molecule has 1 fully saturated rings.